The molecular formula is C30H29ClN2O4. The quantitative estimate of drug-likeness (QED) is 0.301. The van der Waals surface area contributed by atoms with Crippen LogP contribution in [0.4, 0.5) is 0 Å². The van der Waals surface area contributed by atoms with Crippen LogP contribution in [0.15, 0.2) is 75.9 Å². The molecule has 2 heterocycles. The lowest BCUT2D eigenvalue weighted by Crippen LogP contribution is -2.35. The third-order valence-corrected chi connectivity index (χ3v) is 6.97. The van der Waals surface area contributed by atoms with Gasteiger partial charge in [-0.05, 0) is 73.6 Å². The number of hydrogen-bond donors (Lipinski definition) is 0. The smallest absolute Gasteiger partial charge is 0.290 e. The van der Waals surface area contributed by atoms with E-state index < -0.39 is 6.04 Å². The molecular weight excluding hydrogens is 488 g/mol. The van der Waals surface area contributed by atoms with Crippen molar-refractivity contribution in [3.8, 4) is 5.75 Å². The molecule has 1 aromatic heterocycles. The van der Waals surface area contributed by atoms with E-state index in [1.165, 1.54) is 0 Å². The number of aryl methyl sites for hydroxylation is 1. The van der Waals surface area contributed by atoms with Crippen LogP contribution in [-0.2, 0) is 13.0 Å². The van der Waals surface area contributed by atoms with Gasteiger partial charge in [-0.2, -0.15) is 0 Å². The van der Waals surface area contributed by atoms with Crippen LogP contribution >= 0.6 is 11.6 Å². The van der Waals surface area contributed by atoms with Crippen molar-refractivity contribution in [2.24, 2.45) is 0 Å². The van der Waals surface area contributed by atoms with E-state index in [2.05, 4.69) is 0 Å². The molecule has 6 nitrogen and oxygen atoms in total. The minimum absolute atomic E-state index is 0.123. The van der Waals surface area contributed by atoms with Gasteiger partial charge in [-0.15, -0.1) is 0 Å². The molecule has 190 valence electrons. The molecule has 1 aliphatic rings. The Kier molecular flexibility index (Phi) is 7.04. The van der Waals surface area contributed by atoms with Gasteiger partial charge in [0.25, 0.3) is 5.91 Å². The third kappa shape index (κ3) is 4.99. The van der Waals surface area contributed by atoms with E-state index in [1.54, 1.807) is 11.0 Å². The third-order valence-electron chi connectivity index (χ3n) is 6.72. The van der Waals surface area contributed by atoms with Gasteiger partial charge in [0.1, 0.15) is 17.9 Å². The predicted molar refractivity (Wildman–Crippen MR) is 146 cm³/mol. The van der Waals surface area contributed by atoms with Crippen molar-refractivity contribution in [3.05, 3.63) is 110 Å². The summed E-state index contributed by atoms with van der Waals surface area (Å²) in [5, 5.41) is 1.17. The van der Waals surface area contributed by atoms with Gasteiger partial charge >= 0.3 is 0 Å². The lowest BCUT2D eigenvalue weighted by molar-refractivity contribution is 0.0716. The second kappa shape index (κ2) is 10.4. The van der Waals surface area contributed by atoms with Crippen molar-refractivity contribution in [2.75, 3.05) is 27.2 Å². The summed E-state index contributed by atoms with van der Waals surface area (Å²) in [5.74, 6) is 0.505. The van der Waals surface area contributed by atoms with E-state index in [0.29, 0.717) is 47.0 Å². The lowest BCUT2D eigenvalue weighted by atomic mass is 9.97. The Balaban J connectivity index is 1.56. The molecule has 0 aliphatic carbocycles. The first-order chi connectivity index (χ1) is 17.9. The second-order valence-electron chi connectivity index (χ2n) is 9.55. The number of carbonyl (C=O) groups excluding carboxylic acids is 1. The molecule has 0 fully saturated rings. The van der Waals surface area contributed by atoms with Crippen LogP contribution < -0.4 is 10.2 Å². The first-order valence-electron chi connectivity index (χ1n) is 12.4. The highest BCUT2D eigenvalue weighted by atomic mass is 35.5. The number of fused-ring (bicyclic) bond motifs is 2. The van der Waals surface area contributed by atoms with Crippen LogP contribution in [0.1, 0.15) is 45.8 Å². The first-order valence-corrected chi connectivity index (χ1v) is 12.8. The fraction of sp³-hybridized carbons (Fsp3) is 0.267. The van der Waals surface area contributed by atoms with Gasteiger partial charge in [-0.1, -0.05) is 48.9 Å². The van der Waals surface area contributed by atoms with E-state index in [-0.39, 0.29) is 17.1 Å². The molecule has 4 aromatic rings. The predicted octanol–water partition coefficient (Wildman–Crippen LogP) is 5.69. The summed E-state index contributed by atoms with van der Waals surface area (Å²) >= 11 is 5.99. The molecule has 0 N–H and O–H groups in total. The minimum Gasteiger partial charge on any atom is -0.489 e. The number of benzene rings is 3. The van der Waals surface area contributed by atoms with Crippen molar-refractivity contribution in [1.82, 2.24) is 9.80 Å². The summed E-state index contributed by atoms with van der Waals surface area (Å²) in [6, 6.07) is 20.1. The van der Waals surface area contributed by atoms with Crippen molar-refractivity contribution in [3.63, 3.8) is 0 Å². The van der Waals surface area contributed by atoms with Crippen LogP contribution in [0.3, 0.4) is 0 Å². The summed E-state index contributed by atoms with van der Waals surface area (Å²) in [6.07, 6.45) is 0.802. The molecule has 0 saturated heterocycles. The molecule has 1 atom stereocenters. The van der Waals surface area contributed by atoms with E-state index in [4.69, 9.17) is 20.8 Å². The summed E-state index contributed by atoms with van der Waals surface area (Å²) < 4.78 is 12.1. The van der Waals surface area contributed by atoms with Gasteiger partial charge in [-0.3, -0.25) is 9.59 Å². The zero-order chi connectivity index (χ0) is 26.1. The normalized spacial score (nSPS) is 15.0. The Morgan fingerprint density at radius 3 is 2.49 bits per heavy atom. The summed E-state index contributed by atoms with van der Waals surface area (Å²) in [6.45, 7) is 3.52. The Bertz CT molecular complexity index is 1510. The van der Waals surface area contributed by atoms with Gasteiger partial charge in [-0.25, -0.2) is 0 Å². The highest BCUT2D eigenvalue weighted by Gasteiger charge is 2.42. The number of rotatable bonds is 8. The Labute approximate surface area is 221 Å². The largest absolute Gasteiger partial charge is 0.489 e. The molecule has 1 amide bonds. The average Bonchev–Trinajstić information content (AvgIpc) is 3.18. The first kappa shape index (κ1) is 25.1. The van der Waals surface area contributed by atoms with Crippen LogP contribution in [0, 0.1) is 0 Å². The number of nitrogens with zero attached hydrogens (tertiary/aromatic N) is 2. The topological polar surface area (TPSA) is 63.0 Å². The average molecular weight is 517 g/mol. The molecule has 3 aromatic carbocycles. The molecule has 0 spiro atoms. The van der Waals surface area contributed by atoms with Crippen LogP contribution in [0.25, 0.3) is 11.0 Å². The Hall–Kier alpha value is -3.61. The number of amides is 1. The molecule has 37 heavy (non-hydrogen) atoms. The highest BCUT2D eigenvalue weighted by Crippen LogP contribution is 2.39. The molecule has 0 saturated carbocycles. The molecule has 0 bridgehead atoms. The zero-order valence-corrected chi connectivity index (χ0v) is 21.9. The van der Waals surface area contributed by atoms with Gasteiger partial charge in [0.15, 0.2) is 5.43 Å². The highest BCUT2D eigenvalue weighted by molar-refractivity contribution is 6.30. The second-order valence-corrected chi connectivity index (χ2v) is 9.99. The summed E-state index contributed by atoms with van der Waals surface area (Å²) in [4.78, 5) is 31.1. The zero-order valence-electron chi connectivity index (χ0n) is 21.2. The van der Waals surface area contributed by atoms with E-state index in [1.807, 2.05) is 86.6 Å². The number of ether oxygens (including phenoxy) is 1. The number of halogens is 1. The van der Waals surface area contributed by atoms with Crippen LogP contribution in [0.5, 0.6) is 5.75 Å². The maximum atomic E-state index is 13.8. The van der Waals surface area contributed by atoms with E-state index >= 15 is 0 Å². The number of likely N-dealkylation sites (N-methyl/N-ethyl adjacent to an activating group) is 1. The lowest BCUT2D eigenvalue weighted by Gasteiger charge is -2.26. The minimum atomic E-state index is -0.563. The van der Waals surface area contributed by atoms with E-state index in [9.17, 15) is 9.59 Å². The van der Waals surface area contributed by atoms with Crippen molar-refractivity contribution < 1.29 is 13.9 Å². The molecule has 7 heteroatoms. The Morgan fingerprint density at radius 2 is 1.76 bits per heavy atom. The van der Waals surface area contributed by atoms with Crippen LogP contribution in [0.2, 0.25) is 5.02 Å². The summed E-state index contributed by atoms with van der Waals surface area (Å²) in [7, 11) is 3.91. The number of hydrogen-bond acceptors (Lipinski definition) is 5. The monoisotopic (exact) mass is 516 g/mol. The van der Waals surface area contributed by atoms with Crippen molar-refractivity contribution in [1.29, 1.82) is 0 Å². The van der Waals surface area contributed by atoms with Crippen molar-refractivity contribution >= 4 is 28.5 Å². The standard InChI is InChI=1S/C30H29ClN2O4/c1-4-19-10-13-25-24(16-19)28(34)26-27(33(15-14-32(2)3)30(35)29(26)37-25)21-6-5-7-23(17-21)36-18-20-8-11-22(31)12-9-20/h5-13,16-17,27H,4,14-15,18H2,1-3H3. The fourth-order valence-electron chi connectivity index (χ4n) is 4.69. The van der Waals surface area contributed by atoms with Gasteiger partial charge in [0, 0.05) is 18.1 Å². The molecule has 0 radical (unpaired) electrons. The summed E-state index contributed by atoms with van der Waals surface area (Å²) in [5.41, 5.74) is 3.50. The molecule has 1 unspecified atom stereocenters. The fourth-order valence-corrected chi connectivity index (χ4v) is 4.82. The molecule has 1 aliphatic heterocycles. The maximum absolute atomic E-state index is 13.8. The van der Waals surface area contributed by atoms with E-state index in [0.717, 1.165) is 23.1 Å². The van der Waals surface area contributed by atoms with Gasteiger partial charge in [0.05, 0.1) is 17.0 Å². The van der Waals surface area contributed by atoms with Gasteiger partial charge in [0.2, 0.25) is 5.76 Å². The van der Waals surface area contributed by atoms with Gasteiger partial charge < -0.3 is 19.0 Å². The molecule has 5 rings (SSSR count). The van der Waals surface area contributed by atoms with Crippen LogP contribution in [-0.4, -0.2) is 42.9 Å². The number of carbonyl (C=O) groups is 1. The van der Waals surface area contributed by atoms with Crippen molar-refractivity contribution in [2.45, 2.75) is 26.0 Å². The maximum Gasteiger partial charge on any atom is 0.290 e. The SMILES string of the molecule is CCc1ccc2oc3c(c(=O)c2c1)C(c1cccc(OCc2ccc(Cl)cc2)c1)N(CCN(C)C)C3=O. The Morgan fingerprint density at radius 1 is 1.00 bits per heavy atom.